The van der Waals surface area contributed by atoms with Gasteiger partial charge in [0.1, 0.15) is 11.6 Å². The summed E-state index contributed by atoms with van der Waals surface area (Å²) in [6.07, 6.45) is 4.73. The smallest absolute Gasteiger partial charge is 0.128 e. The fraction of sp³-hybridized carbons (Fsp3) is 0.357. The molecule has 18 heavy (non-hydrogen) atoms. The summed E-state index contributed by atoms with van der Waals surface area (Å²) in [5, 5.41) is 3.30. The van der Waals surface area contributed by atoms with Crippen LogP contribution in [0.15, 0.2) is 36.7 Å². The molecule has 0 aliphatic rings. The van der Waals surface area contributed by atoms with Crippen molar-refractivity contribution in [1.82, 2.24) is 14.9 Å². The Labute approximate surface area is 107 Å². The number of benzene rings is 1. The van der Waals surface area contributed by atoms with Gasteiger partial charge >= 0.3 is 0 Å². The second-order valence-electron chi connectivity index (χ2n) is 4.24. The van der Waals surface area contributed by atoms with E-state index in [1.165, 1.54) is 6.07 Å². The summed E-state index contributed by atoms with van der Waals surface area (Å²) in [5.41, 5.74) is 0.687. The molecule has 0 fully saturated rings. The standard InChI is InChI=1S/C14H18FN3/c1-2-7-16-10-14-17-8-9-18(14)11-12-5-3-4-6-13(12)15/h3-6,8-9,16H,2,7,10-11H2,1H3. The molecule has 2 aromatic rings. The Kier molecular flexibility index (Phi) is 4.47. The van der Waals surface area contributed by atoms with E-state index in [0.29, 0.717) is 12.1 Å². The van der Waals surface area contributed by atoms with Crippen LogP contribution in [0.2, 0.25) is 0 Å². The van der Waals surface area contributed by atoms with Gasteiger partial charge in [-0.2, -0.15) is 0 Å². The third kappa shape index (κ3) is 3.17. The highest BCUT2D eigenvalue weighted by atomic mass is 19.1. The summed E-state index contributed by atoms with van der Waals surface area (Å²) in [6.45, 7) is 4.33. The number of hydrogen-bond donors (Lipinski definition) is 1. The maximum absolute atomic E-state index is 13.6. The van der Waals surface area contributed by atoms with E-state index in [4.69, 9.17) is 0 Å². The van der Waals surface area contributed by atoms with Crippen LogP contribution in [0.3, 0.4) is 0 Å². The van der Waals surface area contributed by atoms with Crippen LogP contribution in [-0.2, 0) is 13.1 Å². The number of rotatable bonds is 6. The summed E-state index contributed by atoms with van der Waals surface area (Å²) in [6, 6.07) is 6.85. The normalized spacial score (nSPS) is 10.8. The van der Waals surface area contributed by atoms with Gasteiger partial charge in [-0.05, 0) is 19.0 Å². The fourth-order valence-electron chi connectivity index (χ4n) is 1.84. The van der Waals surface area contributed by atoms with Crippen LogP contribution in [0, 0.1) is 5.82 Å². The molecule has 0 radical (unpaired) electrons. The topological polar surface area (TPSA) is 29.9 Å². The summed E-state index contributed by atoms with van der Waals surface area (Å²) >= 11 is 0. The van der Waals surface area contributed by atoms with Gasteiger partial charge in [0.15, 0.2) is 0 Å². The van der Waals surface area contributed by atoms with Gasteiger partial charge in [-0.3, -0.25) is 0 Å². The van der Waals surface area contributed by atoms with Crippen molar-refractivity contribution in [3.8, 4) is 0 Å². The Bertz CT molecular complexity index is 493. The summed E-state index contributed by atoms with van der Waals surface area (Å²) < 4.78 is 15.5. The SMILES string of the molecule is CCCNCc1nccn1Cc1ccccc1F. The maximum Gasteiger partial charge on any atom is 0.128 e. The molecule has 2 rings (SSSR count). The van der Waals surface area contributed by atoms with Gasteiger partial charge in [-0.1, -0.05) is 25.1 Å². The molecule has 0 aliphatic heterocycles. The van der Waals surface area contributed by atoms with E-state index >= 15 is 0 Å². The van der Waals surface area contributed by atoms with Crippen molar-refractivity contribution < 1.29 is 4.39 Å². The molecule has 4 heteroatoms. The van der Waals surface area contributed by atoms with Crippen LogP contribution in [0.5, 0.6) is 0 Å². The Hall–Kier alpha value is -1.68. The predicted octanol–water partition coefficient (Wildman–Crippen LogP) is 2.57. The minimum atomic E-state index is -0.168. The molecule has 0 saturated carbocycles. The average molecular weight is 247 g/mol. The fourth-order valence-corrected chi connectivity index (χ4v) is 1.84. The number of hydrogen-bond acceptors (Lipinski definition) is 2. The number of aromatic nitrogens is 2. The van der Waals surface area contributed by atoms with Crippen LogP contribution in [-0.4, -0.2) is 16.1 Å². The predicted molar refractivity (Wildman–Crippen MR) is 69.7 cm³/mol. The molecule has 1 aromatic carbocycles. The largest absolute Gasteiger partial charge is 0.329 e. The Morgan fingerprint density at radius 1 is 1.33 bits per heavy atom. The molecule has 96 valence electrons. The van der Waals surface area contributed by atoms with E-state index in [-0.39, 0.29) is 5.82 Å². The van der Waals surface area contributed by atoms with Crippen LogP contribution in [0.1, 0.15) is 24.7 Å². The molecular formula is C14H18FN3. The quantitative estimate of drug-likeness (QED) is 0.795. The highest BCUT2D eigenvalue weighted by Crippen LogP contribution is 2.10. The molecule has 0 spiro atoms. The molecule has 1 aromatic heterocycles. The van der Waals surface area contributed by atoms with E-state index in [1.807, 2.05) is 16.8 Å². The molecular weight excluding hydrogens is 229 g/mol. The van der Waals surface area contributed by atoms with Gasteiger partial charge in [0, 0.05) is 18.0 Å². The third-order valence-corrected chi connectivity index (χ3v) is 2.81. The molecule has 1 heterocycles. The zero-order chi connectivity index (χ0) is 12.8. The lowest BCUT2D eigenvalue weighted by Gasteiger charge is -2.09. The first kappa shape index (κ1) is 12.8. The van der Waals surface area contributed by atoms with Gasteiger partial charge in [0.25, 0.3) is 0 Å². The summed E-state index contributed by atoms with van der Waals surface area (Å²) in [5.74, 6) is 0.769. The van der Waals surface area contributed by atoms with Crippen molar-refractivity contribution >= 4 is 0 Å². The van der Waals surface area contributed by atoms with Crippen LogP contribution in [0.25, 0.3) is 0 Å². The second kappa shape index (κ2) is 6.31. The van der Waals surface area contributed by atoms with E-state index in [0.717, 1.165) is 25.3 Å². The minimum Gasteiger partial charge on any atom is -0.329 e. The van der Waals surface area contributed by atoms with Crippen molar-refractivity contribution in [2.24, 2.45) is 0 Å². The van der Waals surface area contributed by atoms with Crippen LogP contribution in [0.4, 0.5) is 4.39 Å². The monoisotopic (exact) mass is 247 g/mol. The Morgan fingerprint density at radius 2 is 2.17 bits per heavy atom. The van der Waals surface area contributed by atoms with Crippen molar-refractivity contribution in [1.29, 1.82) is 0 Å². The first-order valence-corrected chi connectivity index (χ1v) is 6.25. The summed E-state index contributed by atoms with van der Waals surface area (Å²) in [7, 11) is 0. The van der Waals surface area contributed by atoms with E-state index < -0.39 is 0 Å². The van der Waals surface area contributed by atoms with E-state index in [2.05, 4.69) is 17.2 Å². The average Bonchev–Trinajstić information content (AvgIpc) is 2.80. The van der Waals surface area contributed by atoms with Crippen molar-refractivity contribution in [3.05, 3.63) is 53.9 Å². The molecule has 0 aliphatic carbocycles. The third-order valence-electron chi connectivity index (χ3n) is 2.81. The molecule has 0 amide bonds. The molecule has 0 bridgehead atoms. The van der Waals surface area contributed by atoms with Gasteiger partial charge < -0.3 is 9.88 Å². The molecule has 3 nitrogen and oxygen atoms in total. The lowest BCUT2D eigenvalue weighted by Crippen LogP contribution is -2.18. The first-order valence-electron chi connectivity index (χ1n) is 6.25. The minimum absolute atomic E-state index is 0.168. The maximum atomic E-state index is 13.6. The molecule has 0 saturated heterocycles. The van der Waals surface area contributed by atoms with Crippen LogP contribution >= 0.6 is 0 Å². The second-order valence-corrected chi connectivity index (χ2v) is 4.24. The Morgan fingerprint density at radius 3 is 2.94 bits per heavy atom. The number of nitrogens with one attached hydrogen (secondary N) is 1. The zero-order valence-corrected chi connectivity index (χ0v) is 10.6. The number of imidazole rings is 1. The van der Waals surface area contributed by atoms with Crippen molar-refractivity contribution in [3.63, 3.8) is 0 Å². The zero-order valence-electron chi connectivity index (χ0n) is 10.6. The van der Waals surface area contributed by atoms with E-state index in [9.17, 15) is 4.39 Å². The van der Waals surface area contributed by atoms with Crippen molar-refractivity contribution in [2.45, 2.75) is 26.4 Å². The molecule has 0 atom stereocenters. The first-order chi connectivity index (χ1) is 8.81. The van der Waals surface area contributed by atoms with E-state index in [1.54, 1.807) is 18.3 Å². The Balaban J connectivity index is 2.05. The van der Waals surface area contributed by atoms with Gasteiger partial charge in [-0.15, -0.1) is 0 Å². The number of halogens is 1. The molecule has 1 N–H and O–H groups in total. The van der Waals surface area contributed by atoms with Gasteiger partial charge in [0.2, 0.25) is 0 Å². The summed E-state index contributed by atoms with van der Waals surface area (Å²) in [4.78, 5) is 4.29. The highest BCUT2D eigenvalue weighted by Gasteiger charge is 2.05. The van der Waals surface area contributed by atoms with Crippen molar-refractivity contribution in [2.75, 3.05) is 6.54 Å². The lowest BCUT2D eigenvalue weighted by atomic mass is 10.2. The number of nitrogens with zero attached hydrogens (tertiary/aromatic N) is 2. The van der Waals surface area contributed by atoms with Gasteiger partial charge in [-0.25, -0.2) is 9.37 Å². The van der Waals surface area contributed by atoms with Crippen LogP contribution < -0.4 is 5.32 Å². The molecule has 0 unspecified atom stereocenters. The lowest BCUT2D eigenvalue weighted by molar-refractivity contribution is 0.581. The van der Waals surface area contributed by atoms with Gasteiger partial charge in [0.05, 0.1) is 13.1 Å². The highest BCUT2D eigenvalue weighted by molar-refractivity contribution is 5.18.